The second kappa shape index (κ2) is 6.87. The largest absolute Gasteiger partial charge is 0.490 e. The topological polar surface area (TPSA) is 9.23 Å². The van der Waals surface area contributed by atoms with Crippen LogP contribution < -0.4 is 4.74 Å². The lowest BCUT2D eigenvalue weighted by Gasteiger charge is -2.21. The fraction of sp³-hybridized carbons (Fsp3) is 0.529. The summed E-state index contributed by atoms with van der Waals surface area (Å²) in [5.41, 5.74) is 0.438. The van der Waals surface area contributed by atoms with Gasteiger partial charge in [0.05, 0.1) is 6.61 Å². The fourth-order valence-electron chi connectivity index (χ4n) is 2.49. The van der Waals surface area contributed by atoms with E-state index in [1.165, 1.54) is 0 Å². The molecule has 0 N–H and O–H groups in total. The molecular weight excluding hydrogens is 258 g/mol. The molecule has 0 spiro atoms. The molecule has 0 aromatic heterocycles. The molecular formula is C17H22F2O. The van der Waals surface area contributed by atoms with Crippen LogP contribution in [0.4, 0.5) is 8.78 Å². The lowest BCUT2D eigenvalue weighted by Crippen LogP contribution is -2.09. The normalized spacial score (nSPS) is 22.0. The molecule has 0 saturated carbocycles. The summed E-state index contributed by atoms with van der Waals surface area (Å²) < 4.78 is 33.4. The van der Waals surface area contributed by atoms with E-state index in [4.69, 9.17) is 4.74 Å². The first-order valence-electron chi connectivity index (χ1n) is 7.42. The number of halogens is 2. The maximum atomic E-state index is 14.2. The zero-order chi connectivity index (χ0) is 14.5. The standard InChI is InChI=1S/C17H22F2O/c1-3-4-11-20-15-10-9-14(16(18)17(15)19)13-7-5-12(2)6-8-13/h5,7,9-10,12-13H,3-4,6,8,11H2,1-2H3. The highest BCUT2D eigenvalue weighted by Crippen LogP contribution is 2.34. The highest BCUT2D eigenvalue weighted by molar-refractivity contribution is 5.35. The highest BCUT2D eigenvalue weighted by Gasteiger charge is 2.22. The molecule has 0 saturated heterocycles. The molecule has 0 bridgehead atoms. The first-order valence-corrected chi connectivity index (χ1v) is 7.42. The first-order chi connectivity index (χ1) is 9.63. The number of hydrogen-bond donors (Lipinski definition) is 0. The quantitative estimate of drug-likeness (QED) is 0.531. The average molecular weight is 280 g/mol. The smallest absolute Gasteiger partial charge is 0.200 e. The Morgan fingerprint density at radius 3 is 2.60 bits per heavy atom. The van der Waals surface area contributed by atoms with Crippen molar-refractivity contribution in [2.75, 3.05) is 6.61 Å². The van der Waals surface area contributed by atoms with E-state index >= 15 is 0 Å². The maximum Gasteiger partial charge on any atom is 0.200 e. The van der Waals surface area contributed by atoms with Gasteiger partial charge in [0, 0.05) is 5.92 Å². The van der Waals surface area contributed by atoms with E-state index in [-0.39, 0.29) is 11.7 Å². The Morgan fingerprint density at radius 1 is 1.15 bits per heavy atom. The molecule has 0 fully saturated rings. The minimum Gasteiger partial charge on any atom is -0.490 e. The zero-order valence-corrected chi connectivity index (χ0v) is 12.2. The van der Waals surface area contributed by atoms with Gasteiger partial charge in [-0.25, -0.2) is 4.39 Å². The highest BCUT2D eigenvalue weighted by atomic mass is 19.2. The lowest BCUT2D eigenvalue weighted by atomic mass is 9.85. The number of allylic oxidation sites excluding steroid dienone is 2. The molecule has 0 radical (unpaired) electrons. The summed E-state index contributed by atoms with van der Waals surface area (Å²) in [5.74, 6) is -1.09. The third kappa shape index (κ3) is 3.38. The molecule has 1 aromatic carbocycles. The van der Waals surface area contributed by atoms with Crippen molar-refractivity contribution in [3.05, 3.63) is 41.5 Å². The van der Waals surface area contributed by atoms with Crippen molar-refractivity contribution < 1.29 is 13.5 Å². The van der Waals surface area contributed by atoms with Gasteiger partial charge in [0.25, 0.3) is 0 Å². The Balaban J connectivity index is 2.16. The predicted octanol–water partition coefficient (Wildman–Crippen LogP) is 5.21. The molecule has 2 atom stereocenters. The van der Waals surface area contributed by atoms with Crippen LogP contribution in [-0.2, 0) is 0 Å². The van der Waals surface area contributed by atoms with E-state index in [0.29, 0.717) is 18.1 Å². The molecule has 1 nitrogen and oxygen atoms in total. The first kappa shape index (κ1) is 15.0. The van der Waals surface area contributed by atoms with Crippen molar-refractivity contribution in [1.82, 2.24) is 0 Å². The third-order valence-electron chi connectivity index (χ3n) is 3.84. The van der Waals surface area contributed by atoms with E-state index in [2.05, 4.69) is 13.0 Å². The molecule has 2 rings (SSSR count). The molecule has 2 unspecified atom stereocenters. The van der Waals surface area contributed by atoms with Crippen LogP contribution in [0.5, 0.6) is 5.75 Å². The molecule has 1 aliphatic carbocycles. The fourth-order valence-corrected chi connectivity index (χ4v) is 2.49. The van der Waals surface area contributed by atoms with E-state index in [0.717, 1.165) is 25.7 Å². The van der Waals surface area contributed by atoms with Crippen LogP contribution in [0.3, 0.4) is 0 Å². The van der Waals surface area contributed by atoms with Crippen molar-refractivity contribution in [2.24, 2.45) is 5.92 Å². The van der Waals surface area contributed by atoms with E-state index in [9.17, 15) is 8.78 Å². The van der Waals surface area contributed by atoms with Gasteiger partial charge in [0.2, 0.25) is 5.82 Å². The van der Waals surface area contributed by atoms with Gasteiger partial charge < -0.3 is 4.74 Å². The Hall–Kier alpha value is -1.38. The Bertz CT molecular complexity index is 482. The zero-order valence-electron chi connectivity index (χ0n) is 12.2. The van der Waals surface area contributed by atoms with Crippen molar-refractivity contribution in [1.29, 1.82) is 0 Å². The van der Waals surface area contributed by atoms with Crippen LogP contribution in [0.2, 0.25) is 0 Å². The lowest BCUT2D eigenvalue weighted by molar-refractivity contribution is 0.288. The molecule has 1 aliphatic rings. The van der Waals surface area contributed by atoms with Gasteiger partial charge in [0.15, 0.2) is 11.6 Å². The van der Waals surface area contributed by atoms with Gasteiger partial charge in [-0.1, -0.05) is 38.5 Å². The molecule has 0 aliphatic heterocycles. The Labute approximate surface area is 119 Å². The number of rotatable bonds is 5. The number of unbranched alkanes of at least 4 members (excludes halogenated alkanes) is 1. The van der Waals surface area contributed by atoms with Gasteiger partial charge in [-0.2, -0.15) is 4.39 Å². The molecule has 1 aromatic rings. The average Bonchev–Trinajstić information content (AvgIpc) is 2.45. The van der Waals surface area contributed by atoms with Crippen LogP contribution >= 0.6 is 0 Å². The summed E-state index contributed by atoms with van der Waals surface area (Å²) in [6, 6.07) is 3.21. The number of ether oxygens (including phenoxy) is 1. The number of hydrogen-bond acceptors (Lipinski definition) is 1. The minimum absolute atomic E-state index is 0.0212. The van der Waals surface area contributed by atoms with Crippen LogP contribution in [0.1, 0.15) is 51.0 Å². The maximum absolute atomic E-state index is 14.2. The monoisotopic (exact) mass is 280 g/mol. The van der Waals surface area contributed by atoms with Crippen molar-refractivity contribution in [2.45, 2.75) is 45.4 Å². The van der Waals surface area contributed by atoms with Crippen molar-refractivity contribution in [3.63, 3.8) is 0 Å². The van der Waals surface area contributed by atoms with Crippen LogP contribution in [0.15, 0.2) is 24.3 Å². The van der Waals surface area contributed by atoms with Crippen LogP contribution in [0, 0.1) is 17.6 Å². The second-order valence-corrected chi connectivity index (χ2v) is 5.53. The molecule has 0 amide bonds. The molecule has 3 heteroatoms. The van der Waals surface area contributed by atoms with Crippen LogP contribution in [0.25, 0.3) is 0 Å². The summed E-state index contributed by atoms with van der Waals surface area (Å²) in [5, 5.41) is 0. The van der Waals surface area contributed by atoms with E-state index < -0.39 is 11.6 Å². The summed E-state index contributed by atoms with van der Waals surface area (Å²) in [4.78, 5) is 0. The Kier molecular flexibility index (Phi) is 5.16. The Morgan fingerprint density at radius 2 is 1.95 bits per heavy atom. The number of benzene rings is 1. The van der Waals surface area contributed by atoms with Gasteiger partial charge in [-0.15, -0.1) is 0 Å². The minimum atomic E-state index is -0.856. The van der Waals surface area contributed by atoms with Gasteiger partial charge >= 0.3 is 0 Å². The van der Waals surface area contributed by atoms with Gasteiger partial charge in [-0.3, -0.25) is 0 Å². The van der Waals surface area contributed by atoms with Gasteiger partial charge in [-0.05, 0) is 36.8 Å². The SMILES string of the molecule is CCCCOc1ccc(C2C=CC(C)CC2)c(F)c1F. The summed E-state index contributed by atoms with van der Waals surface area (Å²) in [6.45, 7) is 4.58. The summed E-state index contributed by atoms with van der Waals surface area (Å²) >= 11 is 0. The third-order valence-corrected chi connectivity index (χ3v) is 3.84. The predicted molar refractivity (Wildman–Crippen MR) is 77.0 cm³/mol. The molecule has 20 heavy (non-hydrogen) atoms. The van der Waals surface area contributed by atoms with E-state index in [1.54, 1.807) is 12.1 Å². The summed E-state index contributed by atoms with van der Waals surface area (Å²) in [7, 11) is 0. The van der Waals surface area contributed by atoms with Crippen LogP contribution in [-0.4, -0.2) is 6.61 Å². The molecule has 110 valence electrons. The van der Waals surface area contributed by atoms with Crippen molar-refractivity contribution in [3.8, 4) is 5.75 Å². The van der Waals surface area contributed by atoms with Crippen molar-refractivity contribution >= 4 is 0 Å². The van der Waals surface area contributed by atoms with E-state index in [1.807, 2.05) is 13.0 Å². The van der Waals surface area contributed by atoms with Gasteiger partial charge in [0.1, 0.15) is 0 Å². The summed E-state index contributed by atoms with van der Waals surface area (Å²) in [6.07, 6.45) is 7.75. The molecule has 0 heterocycles. The second-order valence-electron chi connectivity index (χ2n) is 5.53.